The smallest absolute Gasteiger partial charge is 0.228 e. The Morgan fingerprint density at radius 3 is 1.94 bits per heavy atom. The van der Waals surface area contributed by atoms with Crippen LogP contribution in [0.15, 0.2) is 121 Å². The zero-order valence-electron chi connectivity index (χ0n) is 28.2. The SMILES string of the molecule is F.O=C(CN1CCCC(C(=O)Nc2ccccc2)C1)c1ccccc1.OC(CN1CCCC(CNc2ccccc2)C1)c1ccccc1.[3HH].[B]. The van der Waals surface area contributed by atoms with Gasteiger partial charge in [-0.2, -0.15) is 0 Å². The third-order valence-corrected chi connectivity index (χ3v) is 8.97. The molecular weight excluding hydrogens is 614 g/mol. The second-order valence-corrected chi connectivity index (χ2v) is 12.7. The molecule has 4 aromatic carbocycles. The number of piperidine rings is 2. The summed E-state index contributed by atoms with van der Waals surface area (Å²) in [5.41, 5.74) is 3.75. The number of aliphatic hydroxyl groups is 1. The second-order valence-electron chi connectivity index (χ2n) is 12.7. The Bertz CT molecular complexity index is 1510. The number of nitrogens with zero attached hydrogens (tertiary/aromatic N) is 2. The van der Waals surface area contributed by atoms with Gasteiger partial charge in [0.15, 0.2) is 5.78 Å². The number of carbonyl (C=O) groups is 2. The van der Waals surface area contributed by atoms with Gasteiger partial charge in [0.05, 0.1) is 18.6 Å². The second kappa shape index (κ2) is 20.9. The number of para-hydroxylation sites is 2. The van der Waals surface area contributed by atoms with Crippen molar-refractivity contribution >= 4 is 31.5 Å². The van der Waals surface area contributed by atoms with E-state index in [4.69, 9.17) is 0 Å². The molecule has 49 heavy (non-hydrogen) atoms. The van der Waals surface area contributed by atoms with Crippen molar-refractivity contribution in [3.8, 4) is 0 Å². The van der Waals surface area contributed by atoms with Crippen molar-refractivity contribution in [2.75, 3.05) is 56.4 Å². The Hall–Kier alpha value is -4.31. The normalized spacial score (nSPS) is 18.3. The predicted octanol–water partition coefficient (Wildman–Crippen LogP) is 6.78. The average molecular weight is 668 g/mol. The van der Waals surface area contributed by atoms with E-state index in [1.165, 1.54) is 18.5 Å². The van der Waals surface area contributed by atoms with Crippen LogP contribution < -0.4 is 10.6 Å². The Morgan fingerprint density at radius 2 is 1.29 bits per heavy atom. The van der Waals surface area contributed by atoms with E-state index in [2.05, 4.69) is 44.7 Å². The first kappa shape index (κ1) is 39.1. The van der Waals surface area contributed by atoms with E-state index in [9.17, 15) is 14.7 Å². The number of carbonyl (C=O) groups excluding carboxylic acids is 2. The summed E-state index contributed by atoms with van der Waals surface area (Å²) in [7, 11) is 0. The molecule has 0 aromatic heterocycles. The highest BCUT2D eigenvalue weighted by molar-refractivity contribution is 5.97. The maximum Gasteiger partial charge on any atom is 0.228 e. The Balaban J connectivity index is 0.000000327. The highest BCUT2D eigenvalue weighted by Gasteiger charge is 2.27. The first-order valence-corrected chi connectivity index (χ1v) is 16.9. The molecule has 3 atom stereocenters. The molecule has 7 nitrogen and oxygen atoms in total. The van der Waals surface area contributed by atoms with Gasteiger partial charge in [-0.15, -0.1) is 0 Å². The molecule has 2 saturated heterocycles. The number of amides is 1. The zero-order valence-corrected chi connectivity index (χ0v) is 28.2. The number of halogens is 1. The van der Waals surface area contributed by atoms with Crippen molar-refractivity contribution in [3.63, 3.8) is 0 Å². The molecule has 6 rings (SSSR count). The summed E-state index contributed by atoms with van der Waals surface area (Å²) in [4.78, 5) is 29.3. The lowest BCUT2D eigenvalue weighted by atomic mass is 9.96. The largest absolute Gasteiger partial charge is 0.387 e. The van der Waals surface area contributed by atoms with E-state index in [1.807, 2.05) is 97.1 Å². The number of aliphatic hydroxyl groups excluding tert-OH is 1. The first-order chi connectivity index (χ1) is 23.0. The number of ketones is 1. The quantitative estimate of drug-likeness (QED) is 0.121. The Labute approximate surface area is 294 Å². The molecule has 9 heteroatoms. The number of nitrogens with one attached hydrogen (secondary N) is 2. The summed E-state index contributed by atoms with van der Waals surface area (Å²) >= 11 is 0. The van der Waals surface area contributed by atoms with Gasteiger partial charge in [0.25, 0.3) is 0 Å². The number of β-amino-alcohol motifs (C(OH)–C–C–N with tert-alkyl or cyclic N) is 1. The summed E-state index contributed by atoms with van der Waals surface area (Å²) in [6, 6.07) is 39.2. The Morgan fingerprint density at radius 1 is 0.735 bits per heavy atom. The standard InChI is InChI=1S/C20H22N2O2.C20H26N2O.B.FH.H2/c23-19(16-8-3-1-4-9-16)15-22-13-7-10-17(14-22)20(24)21-18-11-5-2-6-12-18;23-20(18-9-3-1-4-10-18)16-22-13-7-8-17(15-22)14-21-19-11-5-2-6-12-19;;;/h1-6,8-9,11-12,17H,7,10,13-15H2,(H,21,24);1-6,9-12,17,20-21,23H,7-8,13-16H2;;2*1H/i;;;;1+2. The lowest BCUT2D eigenvalue weighted by molar-refractivity contribution is -0.121. The van der Waals surface area contributed by atoms with E-state index in [0.717, 1.165) is 62.4 Å². The van der Waals surface area contributed by atoms with Gasteiger partial charge in [0.1, 0.15) is 0 Å². The van der Waals surface area contributed by atoms with Gasteiger partial charge in [-0.25, -0.2) is 0 Å². The van der Waals surface area contributed by atoms with Gasteiger partial charge < -0.3 is 20.6 Å². The van der Waals surface area contributed by atoms with Crippen LogP contribution in [0.2, 0.25) is 0 Å². The van der Waals surface area contributed by atoms with Crippen LogP contribution in [0.3, 0.4) is 0 Å². The van der Waals surface area contributed by atoms with E-state index in [0.29, 0.717) is 19.0 Å². The monoisotopic (exact) mass is 667 g/mol. The molecule has 3 N–H and O–H groups in total. The fourth-order valence-corrected chi connectivity index (χ4v) is 6.42. The van der Waals surface area contributed by atoms with Crippen molar-refractivity contribution < 1.29 is 20.8 Å². The van der Waals surface area contributed by atoms with Crippen LogP contribution in [-0.4, -0.2) is 80.8 Å². The number of likely N-dealkylation sites (tertiary alicyclic amines) is 2. The molecule has 0 aliphatic carbocycles. The van der Waals surface area contributed by atoms with Crippen LogP contribution in [0.25, 0.3) is 0 Å². The maximum atomic E-state index is 12.4. The van der Waals surface area contributed by atoms with E-state index >= 15 is 0 Å². The molecule has 3 unspecified atom stereocenters. The van der Waals surface area contributed by atoms with Gasteiger partial charge in [-0.05, 0) is 74.5 Å². The maximum absolute atomic E-state index is 12.4. The van der Waals surface area contributed by atoms with Gasteiger partial charge in [-0.1, -0.05) is 97.1 Å². The summed E-state index contributed by atoms with van der Waals surface area (Å²) in [5.74, 6) is 0.729. The molecule has 1 amide bonds. The minimum atomic E-state index is -0.392. The molecule has 0 saturated carbocycles. The Kier molecular flexibility index (Phi) is 16.7. The summed E-state index contributed by atoms with van der Waals surface area (Å²) in [6.45, 7) is 5.76. The molecule has 0 spiro atoms. The molecule has 259 valence electrons. The van der Waals surface area contributed by atoms with Gasteiger partial charge >= 0.3 is 0 Å². The summed E-state index contributed by atoms with van der Waals surface area (Å²) in [5, 5.41) is 16.9. The van der Waals surface area contributed by atoms with Crippen molar-refractivity contribution in [2.24, 2.45) is 11.8 Å². The van der Waals surface area contributed by atoms with Crippen LogP contribution in [0.1, 0.15) is 49.1 Å². The lowest BCUT2D eigenvalue weighted by Crippen LogP contribution is -2.42. The number of Topliss-reactive ketones (excluding diaryl/α,β-unsaturated/α-hetero) is 1. The third kappa shape index (κ3) is 12.9. The molecular formula is C40H51BFN4O3. The van der Waals surface area contributed by atoms with Gasteiger partial charge in [0, 0.05) is 53.0 Å². The van der Waals surface area contributed by atoms with Crippen molar-refractivity contribution in [3.05, 3.63) is 132 Å². The molecule has 0 bridgehead atoms. The summed E-state index contributed by atoms with van der Waals surface area (Å²) < 4.78 is 0. The topological polar surface area (TPSA) is 84.9 Å². The van der Waals surface area contributed by atoms with Gasteiger partial charge in [0.2, 0.25) is 5.91 Å². The van der Waals surface area contributed by atoms with Crippen LogP contribution in [0, 0.1) is 11.8 Å². The minimum absolute atomic E-state index is 0. The number of benzene rings is 4. The fourth-order valence-electron chi connectivity index (χ4n) is 6.42. The van der Waals surface area contributed by atoms with Crippen LogP contribution in [0.5, 0.6) is 0 Å². The molecule has 4 aromatic rings. The lowest BCUT2D eigenvalue weighted by Gasteiger charge is -2.34. The van der Waals surface area contributed by atoms with Crippen molar-refractivity contribution in [2.45, 2.75) is 31.8 Å². The first-order valence-electron chi connectivity index (χ1n) is 16.9. The predicted molar refractivity (Wildman–Crippen MR) is 201 cm³/mol. The van der Waals surface area contributed by atoms with Crippen molar-refractivity contribution in [1.82, 2.24) is 9.80 Å². The average Bonchev–Trinajstić information content (AvgIpc) is 3.13. The van der Waals surface area contributed by atoms with E-state index in [-0.39, 0.29) is 32.2 Å². The molecule has 2 heterocycles. The van der Waals surface area contributed by atoms with Gasteiger partial charge in [-0.3, -0.25) is 19.2 Å². The molecule has 2 aliphatic rings. The number of rotatable bonds is 11. The fraction of sp³-hybridized carbons (Fsp3) is 0.350. The molecule has 2 fully saturated rings. The van der Waals surface area contributed by atoms with E-state index < -0.39 is 6.10 Å². The zero-order chi connectivity index (χ0) is 32.7. The van der Waals surface area contributed by atoms with Crippen LogP contribution in [-0.2, 0) is 4.79 Å². The molecule has 2 aliphatic heterocycles. The van der Waals surface area contributed by atoms with Crippen LogP contribution >= 0.6 is 0 Å². The summed E-state index contributed by atoms with van der Waals surface area (Å²) in [6.07, 6.45) is 3.89. The molecule has 3 radical (unpaired) electrons. The third-order valence-electron chi connectivity index (χ3n) is 8.97. The van der Waals surface area contributed by atoms with Crippen molar-refractivity contribution in [1.29, 1.82) is 0 Å². The minimum Gasteiger partial charge on any atom is -0.387 e. The number of anilines is 2. The number of hydrogen-bond donors (Lipinski definition) is 3. The van der Waals surface area contributed by atoms with Crippen LogP contribution in [0.4, 0.5) is 16.1 Å². The highest BCUT2D eigenvalue weighted by Crippen LogP contribution is 2.22. The highest BCUT2D eigenvalue weighted by atomic mass is 19.0. The number of hydrogen-bond acceptors (Lipinski definition) is 6. The van der Waals surface area contributed by atoms with E-state index in [1.54, 1.807) is 0 Å².